The van der Waals surface area contributed by atoms with Crippen LogP contribution in [0.3, 0.4) is 0 Å². The summed E-state index contributed by atoms with van der Waals surface area (Å²) < 4.78 is 0. The Morgan fingerprint density at radius 3 is 2.20 bits per heavy atom. The summed E-state index contributed by atoms with van der Waals surface area (Å²) >= 11 is 0. The minimum Gasteiger partial charge on any atom is -0.174 e. The van der Waals surface area contributed by atoms with E-state index in [1.54, 1.807) is 0 Å². The second-order valence-electron chi connectivity index (χ2n) is 0.279. The van der Waals surface area contributed by atoms with Crippen LogP contribution in [-0.2, 0) is 0 Å². The van der Waals surface area contributed by atoms with Crippen molar-refractivity contribution in [2.24, 2.45) is 0 Å². The summed E-state index contributed by atoms with van der Waals surface area (Å²) in [6, 6.07) is 0. The molecule has 0 heterocycles. The zero-order valence-corrected chi connectivity index (χ0v) is 2.29. The molecule has 0 N–H and O–H groups in total. The number of hydrogen-bond donors (Lipinski definition) is 0. The van der Waals surface area contributed by atoms with E-state index in [9.17, 15) is 0 Å². The average Bonchev–Trinajstić information content (AvgIpc) is 1.41. The SMILES string of the molecule is [C-]#[N+][N+]=[N+]=[N-]. The molecule has 1 radical (unpaired) electrons. The molecule has 0 fully saturated rings. The predicted molar refractivity (Wildman–Crippen MR) is 15.5 cm³/mol. The van der Waals surface area contributed by atoms with Gasteiger partial charge in [-0.25, -0.2) is 0 Å². The first-order chi connectivity index (χ1) is 2.41. The van der Waals surface area contributed by atoms with Gasteiger partial charge in [0, 0.05) is 0 Å². The third-order valence-electron chi connectivity index (χ3n) is 0.0847. The van der Waals surface area contributed by atoms with Crippen LogP contribution in [0.2, 0.25) is 0 Å². The Morgan fingerprint density at radius 1 is 1.60 bits per heavy atom. The van der Waals surface area contributed by atoms with E-state index in [0.29, 0.717) is 0 Å². The smallest absolute Gasteiger partial charge is 0.174 e. The summed E-state index contributed by atoms with van der Waals surface area (Å²) in [5, 5.41) is 2.44. The molecule has 0 aliphatic carbocycles. The second-order valence-corrected chi connectivity index (χ2v) is 0.279. The van der Waals surface area contributed by atoms with Crippen LogP contribution in [-0.4, -0.2) is 0 Å². The van der Waals surface area contributed by atoms with E-state index < -0.39 is 0 Å². The van der Waals surface area contributed by atoms with Gasteiger partial charge in [-0.05, 0) is 0 Å². The van der Waals surface area contributed by atoms with Gasteiger partial charge in [0.2, 0.25) is 0 Å². The highest BCUT2D eigenvalue weighted by Crippen LogP contribution is 1.41. The summed E-state index contributed by atoms with van der Waals surface area (Å²) in [4.78, 5) is 4.44. The molecule has 23 valence electrons. The molecule has 0 aliphatic heterocycles. The maximum Gasteiger partial charge on any atom is 0.529 e. The first-order valence-corrected chi connectivity index (χ1v) is 0.824. The molecule has 0 amide bonds. The average molecular weight is 68.0 g/mol. The zero-order chi connectivity index (χ0) is 4.12. The van der Waals surface area contributed by atoms with Gasteiger partial charge in [-0.15, -0.1) is 0 Å². The fraction of sp³-hybridized carbons (Fsp3) is 0. The topological polar surface area (TPSA) is 54.9 Å². The Bertz CT molecular complexity index is 90.7. The Labute approximate surface area is 28.4 Å². The van der Waals surface area contributed by atoms with E-state index in [2.05, 4.69) is 15.1 Å². The van der Waals surface area contributed by atoms with Gasteiger partial charge in [-0.1, -0.05) is 4.95 Å². The molecule has 0 aromatic rings. The van der Waals surface area contributed by atoms with Crippen molar-refractivity contribution in [3.8, 4) is 0 Å². The van der Waals surface area contributed by atoms with Crippen molar-refractivity contribution in [1.82, 2.24) is 5.22 Å². The summed E-state index contributed by atoms with van der Waals surface area (Å²) in [6.45, 7) is 5.81. The first-order valence-electron chi connectivity index (χ1n) is 0.824. The molecule has 0 spiro atoms. The molecular formula is CN4+. The lowest BCUT2D eigenvalue weighted by Crippen LogP contribution is -1.47. The fourth-order valence-corrected chi connectivity index (χ4v) is 0.0200. The van der Waals surface area contributed by atoms with Crippen molar-refractivity contribution in [3.63, 3.8) is 0 Å². The van der Waals surface area contributed by atoms with E-state index in [-0.39, 0.29) is 0 Å². The van der Waals surface area contributed by atoms with Crippen LogP contribution in [0.1, 0.15) is 0 Å². The van der Waals surface area contributed by atoms with Crippen LogP contribution in [0, 0.1) is 6.57 Å². The number of hydrogen-bond acceptors (Lipinski definition) is 1. The van der Waals surface area contributed by atoms with Crippen LogP contribution < -0.4 is 5.22 Å². The lowest BCUT2D eigenvalue weighted by atomic mass is 11.8. The summed E-state index contributed by atoms with van der Waals surface area (Å²) in [5.74, 6) is 0. The monoisotopic (exact) mass is 68.0 g/mol. The highest BCUT2D eigenvalue weighted by atomic mass is 15.3. The Hall–Kier alpha value is -1.20. The van der Waals surface area contributed by atoms with Crippen molar-refractivity contribution in [3.05, 3.63) is 22.0 Å². The van der Waals surface area contributed by atoms with Crippen molar-refractivity contribution >= 4 is 0 Å². The van der Waals surface area contributed by atoms with Crippen LogP contribution in [0.5, 0.6) is 0 Å². The van der Waals surface area contributed by atoms with Gasteiger partial charge >= 0.3 is 15.7 Å². The lowest BCUT2D eigenvalue weighted by Gasteiger charge is -1.17. The van der Waals surface area contributed by atoms with E-state index in [4.69, 9.17) is 12.1 Å². The van der Waals surface area contributed by atoms with Gasteiger partial charge in [-0.3, -0.25) is 0 Å². The van der Waals surface area contributed by atoms with E-state index in [1.807, 2.05) is 0 Å². The molecule has 5 heavy (non-hydrogen) atoms. The molecule has 0 aliphatic rings. The van der Waals surface area contributed by atoms with Crippen LogP contribution in [0.15, 0.2) is 0 Å². The fourth-order valence-electron chi connectivity index (χ4n) is 0.0200. The Morgan fingerprint density at radius 2 is 2.20 bits per heavy atom. The summed E-state index contributed by atoms with van der Waals surface area (Å²) in [6.07, 6.45) is 0. The van der Waals surface area contributed by atoms with Crippen LogP contribution in [0.25, 0.3) is 15.4 Å². The molecule has 0 unspecified atom stereocenters. The van der Waals surface area contributed by atoms with Gasteiger partial charge in [0.25, 0.3) is 0 Å². The third-order valence-corrected chi connectivity index (χ3v) is 0.0847. The number of nitrogens with zero attached hydrogens (tertiary/aromatic N) is 4. The lowest BCUT2D eigenvalue weighted by molar-refractivity contribution is 1.32. The highest BCUT2D eigenvalue weighted by Gasteiger charge is 1.69. The molecule has 0 bridgehead atoms. The molecule has 0 saturated heterocycles. The molecule has 0 rings (SSSR count). The minimum absolute atomic E-state index is 2.12. The van der Waals surface area contributed by atoms with Crippen molar-refractivity contribution < 1.29 is 0 Å². The summed E-state index contributed by atoms with van der Waals surface area (Å²) in [5.41, 5.74) is 7.31. The molecule has 4 heteroatoms. The van der Waals surface area contributed by atoms with Crippen molar-refractivity contribution in [1.29, 1.82) is 0 Å². The quantitative estimate of drug-likeness (QED) is 0.130. The summed E-state index contributed by atoms with van der Waals surface area (Å²) in [7, 11) is 0. The van der Waals surface area contributed by atoms with Gasteiger partial charge in [0.1, 0.15) is 0 Å². The van der Waals surface area contributed by atoms with Crippen molar-refractivity contribution in [2.45, 2.75) is 0 Å². The first kappa shape index (κ1) is 3.80. The van der Waals surface area contributed by atoms with Gasteiger partial charge < -0.3 is 0 Å². The maximum atomic E-state index is 7.31. The number of rotatable bonds is 0. The number of azide groups is 1. The van der Waals surface area contributed by atoms with E-state index in [0.717, 1.165) is 0 Å². The Balaban J connectivity index is 3.46. The van der Waals surface area contributed by atoms with Crippen LogP contribution in [0.4, 0.5) is 0 Å². The molecule has 0 atom stereocenters. The van der Waals surface area contributed by atoms with Crippen LogP contribution >= 0.6 is 0 Å². The second kappa shape index (κ2) is 2.80. The molecule has 4 nitrogen and oxygen atoms in total. The highest BCUT2D eigenvalue weighted by molar-refractivity contribution is 4.39. The van der Waals surface area contributed by atoms with Gasteiger partial charge in [0.15, 0.2) is 0 Å². The predicted octanol–water partition coefficient (Wildman–Crippen LogP) is 0.467. The molecule has 0 aromatic heterocycles. The standard InChI is InChI=1S/CN4/c1-3-5-4-2/q+1. The molecular weight excluding hydrogens is 68.0 g/mol. The molecule has 0 aromatic carbocycles. The van der Waals surface area contributed by atoms with E-state index in [1.165, 1.54) is 0 Å². The van der Waals surface area contributed by atoms with Gasteiger partial charge in [-0.2, -0.15) is 6.57 Å². The van der Waals surface area contributed by atoms with E-state index >= 15 is 0 Å². The third kappa shape index (κ3) is 2.80. The largest absolute Gasteiger partial charge is 0.529 e. The maximum absolute atomic E-state index is 7.31. The minimum atomic E-state index is 2.12. The van der Waals surface area contributed by atoms with Gasteiger partial charge in [0.05, 0.1) is 0 Å². The normalized spacial score (nSPS) is 3.80. The Kier molecular flexibility index (Phi) is 2.13. The van der Waals surface area contributed by atoms with Crippen molar-refractivity contribution in [2.75, 3.05) is 0 Å². The molecule has 0 saturated carbocycles. The zero-order valence-electron chi connectivity index (χ0n) is 2.29.